The molecule has 134 valence electrons. The summed E-state index contributed by atoms with van der Waals surface area (Å²) in [7, 11) is 0. The predicted molar refractivity (Wildman–Crippen MR) is 103 cm³/mol. The predicted octanol–water partition coefficient (Wildman–Crippen LogP) is 3.93. The van der Waals surface area contributed by atoms with Crippen molar-refractivity contribution in [3.63, 3.8) is 0 Å². The maximum absolute atomic E-state index is 12.3. The number of thiophene rings is 1. The van der Waals surface area contributed by atoms with E-state index in [-0.39, 0.29) is 12.5 Å². The first kappa shape index (κ1) is 18.2. The molecule has 3 rings (SSSR count). The molecule has 1 aromatic carbocycles. The molecule has 1 atom stereocenters. The summed E-state index contributed by atoms with van der Waals surface area (Å²) in [6.45, 7) is 2.25. The molecule has 26 heavy (non-hydrogen) atoms. The first-order valence-corrected chi connectivity index (χ1v) is 9.56. The summed E-state index contributed by atoms with van der Waals surface area (Å²) in [6, 6.07) is 11.1. The minimum atomic E-state index is -0.164. The number of nitrogens with zero attached hydrogens (tertiary/aromatic N) is 2. The molecule has 1 aliphatic rings. The van der Waals surface area contributed by atoms with E-state index in [2.05, 4.69) is 17.5 Å². The molecule has 0 radical (unpaired) electrons. The topological polar surface area (TPSA) is 74.5 Å². The molecule has 1 aromatic heterocycles. The van der Waals surface area contributed by atoms with Gasteiger partial charge in [-0.05, 0) is 66.6 Å². The average molecular weight is 367 g/mol. The van der Waals surface area contributed by atoms with Gasteiger partial charge in [0.1, 0.15) is 11.8 Å². The fourth-order valence-electron chi connectivity index (χ4n) is 3.05. The van der Waals surface area contributed by atoms with E-state index in [0.717, 1.165) is 29.2 Å². The first-order valence-electron chi connectivity index (χ1n) is 8.74. The van der Waals surface area contributed by atoms with E-state index in [0.29, 0.717) is 5.75 Å². The zero-order chi connectivity index (χ0) is 18.4. The highest BCUT2D eigenvalue weighted by Gasteiger charge is 2.21. The fraction of sp³-hybridized carbons (Fsp3) is 0.350. The molecule has 0 spiro atoms. The molecule has 0 saturated heterocycles. The Morgan fingerprint density at radius 3 is 3.00 bits per heavy atom. The SMILES string of the molecule is CC[C@@H]1CCc2sc(C(=O)N/N=C\c3ccc(OCC#N)cc3)cc2C1. The van der Waals surface area contributed by atoms with Crippen LogP contribution in [0.3, 0.4) is 0 Å². The fourth-order valence-corrected chi connectivity index (χ4v) is 4.14. The number of nitriles is 1. The highest BCUT2D eigenvalue weighted by molar-refractivity contribution is 7.14. The second-order valence-corrected chi connectivity index (χ2v) is 7.43. The van der Waals surface area contributed by atoms with Crippen molar-refractivity contribution in [2.24, 2.45) is 11.0 Å². The van der Waals surface area contributed by atoms with Gasteiger partial charge in [-0.1, -0.05) is 13.3 Å². The first-order chi connectivity index (χ1) is 12.7. The number of amides is 1. The lowest BCUT2D eigenvalue weighted by atomic mass is 9.87. The molecule has 1 N–H and O–H groups in total. The van der Waals surface area contributed by atoms with E-state index >= 15 is 0 Å². The number of benzene rings is 1. The van der Waals surface area contributed by atoms with E-state index in [1.54, 1.807) is 29.7 Å². The van der Waals surface area contributed by atoms with Gasteiger partial charge in [-0.25, -0.2) is 5.43 Å². The quantitative estimate of drug-likeness (QED) is 0.621. The smallest absolute Gasteiger partial charge is 0.281 e. The average Bonchev–Trinajstić information content (AvgIpc) is 3.10. The summed E-state index contributed by atoms with van der Waals surface area (Å²) in [5, 5.41) is 12.5. The van der Waals surface area contributed by atoms with Gasteiger partial charge in [0, 0.05) is 4.88 Å². The minimum absolute atomic E-state index is 0.0211. The van der Waals surface area contributed by atoms with Crippen molar-refractivity contribution in [2.75, 3.05) is 6.61 Å². The van der Waals surface area contributed by atoms with E-state index in [4.69, 9.17) is 10.00 Å². The normalized spacial score (nSPS) is 16.1. The Balaban J connectivity index is 1.56. The van der Waals surface area contributed by atoms with Crippen LogP contribution in [-0.4, -0.2) is 18.7 Å². The molecular weight excluding hydrogens is 346 g/mol. The van der Waals surface area contributed by atoms with Crippen molar-refractivity contribution in [3.05, 3.63) is 51.2 Å². The van der Waals surface area contributed by atoms with Crippen LogP contribution < -0.4 is 10.2 Å². The third kappa shape index (κ3) is 4.50. The van der Waals surface area contributed by atoms with E-state index < -0.39 is 0 Å². The number of hydrogen-bond donors (Lipinski definition) is 1. The number of rotatable bonds is 6. The van der Waals surface area contributed by atoms with Crippen LogP contribution in [-0.2, 0) is 12.8 Å². The Kier molecular flexibility index (Phi) is 6.03. The summed E-state index contributed by atoms with van der Waals surface area (Å²) in [5.74, 6) is 1.20. The van der Waals surface area contributed by atoms with E-state index in [9.17, 15) is 4.79 Å². The Morgan fingerprint density at radius 1 is 1.46 bits per heavy atom. The summed E-state index contributed by atoms with van der Waals surface area (Å²) < 4.78 is 5.19. The Morgan fingerprint density at radius 2 is 2.27 bits per heavy atom. The van der Waals surface area contributed by atoms with Crippen LogP contribution in [0.2, 0.25) is 0 Å². The van der Waals surface area contributed by atoms with Gasteiger partial charge in [0.15, 0.2) is 6.61 Å². The van der Waals surface area contributed by atoms with Gasteiger partial charge in [0.05, 0.1) is 11.1 Å². The molecule has 0 bridgehead atoms. The standard InChI is InChI=1S/C20H21N3O2S/c1-2-14-5-8-18-16(11-14)12-19(26-18)20(24)23-22-13-15-3-6-17(7-4-15)25-10-9-21/h3-4,6-7,12-14H,2,5,8,10-11H2,1H3,(H,23,24)/b22-13-/t14-/m1/s1. The van der Waals surface area contributed by atoms with Crippen molar-refractivity contribution in [2.45, 2.75) is 32.6 Å². The van der Waals surface area contributed by atoms with Crippen LogP contribution in [0, 0.1) is 17.2 Å². The lowest BCUT2D eigenvalue weighted by Gasteiger charge is -2.19. The number of nitrogens with one attached hydrogen (secondary N) is 1. The number of hydrogen-bond acceptors (Lipinski definition) is 5. The molecular formula is C20H21N3O2S. The number of hydrazone groups is 1. The Hall–Kier alpha value is -2.65. The van der Waals surface area contributed by atoms with Gasteiger partial charge >= 0.3 is 0 Å². The van der Waals surface area contributed by atoms with Crippen LogP contribution >= 0.6 is 11.3 Å². The third-order valence-electron chi connectivity index (χ3n) is 4.55. The van der Waals surface area contributed by atoms with Gasteiger partial charge in [0.2, 0.25) is 0 Å². The van der Waals surface area contributed by atoms with Crippen molar-refractivity contribution in [3.8, 4) is 11.8 Å². The van der Waals surface area contributed by atoms with Crippen molar-refractivity contribution in [1.82, 2.24) is 5.43 Å². The monoisotopic (exact) mass is 367 g/mol. The summed E-state index contributed by atoms with van der Waals surface area (Å²) in [6.07, 6.45) is 6.17. The molecule has 0 saturated carbocycles. The Labute approximate surface area is 157 Å². The molecule has 0 unspecified atom stereocenters. The van der Waals surface area contributed by atoms with Gasteiger partial charge < -0.3 is 4.74 Å². The van der Waals surface area contributed by atoms with Crippen molar-refractivity contribution in [1.29, 1.82) is 5.26 Å². The molecule has 0 fully saturated rings. The van der Waals surface area contributed by atoms with Gasteiger partial charge in [0.25, 0.3) is 5.91 Å². The summed E-state index contributed by atoms with van der Waals surface area (Å²) in [5.41, 5.74) is 4.76. The number of aryl methyl sites for hydroxylation is 1. The lowest BCUT2D eigenvalue weighted by molar-refractivity contribution is 0.0959. The lowest BCUT2D eigenvalue weighted by Crippen LogP contribution is -2.16. The molecule has 1 heterocycles. The highest BCUT2D eigenvalue weighted by atomic mass is 32.1. The maximum atomic E-state index is 12.3. The zero-order valence-corrected chi connectivity index (χ0v) is 15.5. The largest absolute Gasteiger partial charge is 0.479 e. The highest BCUT2D eigenvalue weighted by Crippen LogP contribution is 2.33. The second kappa shape index (κ2) is 8.63. The number of ether oxygens (including phenoxy) is 1. The molecule has 1 aliphatic carbocycles. The Bertz CT molecular complexity index is 834. The zero-order valence-electron chi connectivity index (χ0n) is 14.7. The summed E-state index contributed by atoms with van der Waals surface area (Å²) in [4.78, 5) is 14.4. The second-order valence-electron chi connectivity index (χ2n) is 6.29. The van der Waals surface area contributed by atoms with E-state index in [1.165, 1.54) is 23.3 Å². The molecule has 6 heteroatoms. The van der Waals surface area contributed by atoms with Crippen molar-refractivity contribution >= 4 is 23.5 Å². The third-order valence-corrected chi connectivity index (χ3v) is 5.79. The minimum Gasteiger partial charge on any atom is -0.479 e. The van der Waals surface area contributed by atoms with Crippen LogP contribution in [0.5, 0.6) is 5.75 Å². The van der Waals surface area contributed by atoms with Gasteiger partial charge in [-0.2, -0.15) is 10.4 Å². The number of carbonyl (C=O) groups excluding carboxylic acids is 1. The maximum Gasteiger partial charge on any atom is 0.281 e. The molecule has 0 aliphatic heterocycles. The number of fused-ring (bicyclic) bond motifs is 1. The van der Waals surface area contributed by atoms with Crippen molar-refractivity contribution < 1.29 is 9.53 Å². The van der Waals surface area contributed by atoms with Gasteiger partial charge in [-0.3, -0.25) is 4.79 Å². The van der Waals surface area contributed by atoms with Gasteiger partial charge in [-0.15, -0.1) is 11.3 Å². The molecule has 5 nitrogen and oxygen atoms in total. The van der Waals surface area contributed by atoms with E-state index in [1.807, 2.05) is 24.3 Å². The number of carbonyl (C=O) groups is 1. The molecule has 1 amide bonds. The summed E-state index contributed by atoms with van der Waals surface area (Å²) >= 11 is 1.58. The van der Waals surface area contributed by atoms with Crippen LogP contribution in [0.15, 0.2) is 35.4 Å². The molecule has 2 aromatic rings. The van der Waals surface area contributed by atoms with Crippen LogP contribution in [0.1, 0.15) is 45.4 Å². The van der Waals surface area contributed by atoms with Crippen LogP contribution in [0.4, 0.5) is 0 Å². The van der Waals surface area contributed by atoms with Crippen LogP contribution in [0.25, 0.3) is 0 Å².